The minimum absolute atomic E-state index is 0.424. The lowest BCUT2D eigenvalue weighted by Gasteiger charge is -2.16. The van der Waals surface area contributed by atoms with Gasteiger partial charge in [-0.05, 0) is 116 Å². The van der Waals surface area contributed by atoms with E-state index >= 15 is 0 Å². The summed E-state index contributed by atoms with van der Waals surface area (Å²) in [4.78, 5) is 0. The van der Waals surface area contributed by atoms with Crippen molar-refractivity contribution in [1.82, 2.24) is 0 Å². The fraction of sp³-hybridized carbons (Fsp3) is 0.600. The van der Waals surface area contributed by atoms with Gasteiger partial charge < -0.3 is 0 Å². The summed E-state index contributed by atoms with van der Waals surface area (Å²) in [6.07, 6.45) is 8.29. The normalized spacial score (nSPS) is 16.5. The third kappa shape index (κ3) is 6.43. The van der Waals surface area contributed by atoms with Gasteiger partial charge in [-0.2, -0.15) is 13.2 Å². The molecule has 3 aliphatic rings. The maximum Gasteiger partial charge on any atom is 0.416 e. The summed E-state index contributed by atoms with van der Waals surface area (Å²) < 4.78 is 37.6. The second kappa shape index (κ2) is 12.6. The smallest absolute Gasteiger partial charge is 0.166 e. The molecular formula is C30H43F3. The molecule has 0 bridgehead atoms. The predicted molar refractivity (Wildman–Crippen MR) is 135 cm³/mol. The quantitative estimate of drug-likeness (QED) is 0.397. The number of benzene rings is 2. The van der Waals surface area contributed by atoms with Crippen LogP contribution in [0.25, 0.3) is 0 Å². The minimum atomic E-state index is -4.21. The molecule has 0 aliphatic heterocycles. The van der Waals surface area contributed by atoms with Gasteiger partial charge >= 0.3 is 6.18 Å². The zero-order valence-electron chi connectivity index (χ0n) is 21.6. The number of halogens is 3. The van der Waals surface area contributed by atoms with Gasteiger partial charge in [0.2, 0.25) is 0 Å². The van der Waals surface area contributed by atoms with Crippen LogP contribution in [0.3, 0.4) is 0 Å². The molecule has 0 atom stereocenters. The molecule has 2 aromatic rings. The maximum atomic E-state index is 12.5. The predicted octanol–water partition coefficient (Wildman–Crippen LogP) is 9.70. The van der Waals surface area contributed by atoms with Crippen molar-refractivity contribution in [3.8, 4) is 0 Å². The van der Waals surface area contributed by atoms with Crippen molar-refractivity contribution in [3.63, 3.8) is 0 Å². The van der Waals surface area contributed by atoms with Gasteiger partial charge in [-0.1, -0.05) is 58.7 Å². The average Bonchev–Trinajstić information content (AvgIpc) is 3.58. The van der Waals surface area contributed by atoms with Crippen LogP contribution >= 0.6 is 0 Å². The molecule has 33 heavy (non-hydrogen) atoms. The number of hydrogen-bond acceptors (Lipinski definition) is 0. The Balaban J connectivity index is 0.000000204. The molecule has 3 aliphatic carbocycles. The molecule has 0 heterocycles. The first-order chi connectivity index (χ1) is 15.9. The second-order valence-corrected chi connectivity index (χ2v) is 8.98. The number of hydrogen-bond donors (Lipinski definition) is 0. The molecule has 0 nitrogen and oxygen atoms in total. The summed E-state index contributed by atoms with van der Waals surface area (Å²) in [5, 5.41) is 0. The van der Waals surface area contributed by atoms with Gasteiger partial charge in [-0.25, -0.2) is 0 Å². The Hall–Kier alpha value is -1.77. The van der Waals surface area contributed by atoms with Gasteiger partial charge in [0.15, 0.2) is 0 Å². The van der Waals surface area contributed by atoms with Crippen LogP contribution in [0.4, 0.5) is 13.2 Å². The van der Waals surface area contributed by atoms with E-state index in [1.165, 1.54) is 51.0 Å². The van der Waals surface area contributed by atoms with Gasteiger partial charge in [-0.3, -0.25) is 0 Å². The van der Waals surface area contributed by atoms with Gasteiger partial charge in [0.05, 0.1) is 5.56 Å². The van der Waals surface area contributed by atoms with Crippen LogP contribution in [0, 0.1) is 13.8 Å². The lowest BCUT2D eigenvalue weighted by molar-refractivity contribution is -0.138. The van der Waals surface area contributed by atoms with Crippen LogP contribution in [-0.2, 0) is 31.9 Å². The van der Waals surface area contributed by atoms with Gasteiger partial charge in [-0.15, -0.1) is 0 Å². The van der Waals surface area contributed by atoms with Crippen molar-refractivity contribution in [2.45, 2.75) is 118 Å². The highest BCUT2D eigenvalue weighted by molar-refractivity contribution is 5.45. The van der Waals surface area contributed by atoms with Gasteiger partial charge in [0.25, 0.3) is 0 Å². The minimum Gasteiger partial charge on any atom is -0.166 e. The lowest BCUT2D eigenvalue weighted by atomic mass is 9.89. The number of alkyl halides is 3. The molecule has 0 amide bonds. The van der Waals surface area contributed by atoms with Crippen molar-refractivity contribution in [2.75, 3.05) is 0 Å². The Morgan fingerprint density at radius 2 is 1.12 bits per heavy atom. The molecule has 0 radical (unpaired) electrons. The van der Waals surface area contributed by atoms with E-state index in [9.17, 15) is 13.2 Å². The van der Waals surface area contributed by atoms with Crippen LogP contribution in [0.5, 0.6) is 0 Å². The average molecular weight is 461 g/mol. The Bertz CT molecular complexity index is 886. The first-order valence-electron chi connectivity index (χ1n) is 13.2. The fourth-order valence-electron chi connectivity index (χ4n) is 5.71. The van der Waals surface area contributed by atoms with Crippen LogP contribution in [0.15, 0.2) is 24.3 Å². The molecule has 1 saturated carbocycles. The van der Waals surface area contributed by atoms with Crippen molar-refractivity contribution in [3.05, 3.63) is 68.8 Å². The molecule has 0 unspecified atom stereocenters. The number of fused-ring (bicyclic) bond motifs is 2. The summed E-state index contributed by atoms with van der Waals surface area (Å²) >= 11 is 0. The van der Waals surface area contributed by atoms with Crippen LogP contribution in [0.1, 0.15) is 117 Å². The molecule has 0 N–H and O–H groups in total. The van der Waals surface area contributed by atoms with E-state index in [0.717, 1.165) is 36.3 Å². The fourth-order valence-corrected chi connectivity index (χ4v) is 5.71. The Morgan fingerprint density at radius 1 is 0.636 bits per heavy atom. The molecule has 5 rings (SSSR count). The summed E-state index contributed by atoms with van der Waals surface area (Å²) in [5.41, 5.74) is 8.60. The molecular weight excluding hydrogens is 417 g/mol. The first kappa shape index (κ1) is 27.5. The summed E-state index contributed by atoms with van der Waals surface area (Å²) in [7, 11) is 0. The molecule has 0 saturated heterocycles. The third-order valence-electron chi connectivity index (χ3n) is 7.28. The molecule has 184 valence electrons. The van der Waals surface area contributed by atoms with Crippen molar-refractivity contribution >= 4 is 0 Å². The molecule has 3 heteroatoms. The van der Waals surface area contributed by atoms with Crippen molar-refractivity contribution in [2.24, 2.45) is 0 Å². The monoisotopic (exact) mass is 460 g/mol. The van der Waals surface area contributed by atoms with E-state index in [2.05, 4.69) is 19.1 Å². The van der Waals surface area contributed by atoms with Crippen molar-refractivity contribution < 1.29 is 13.2 Å². The van der Waals surface area contributed by atoms with Gasteiger partial charge in [0.1, 0.15) is 0 Å². The number of aryl methyl sites for hydroxylation is 2. The van der Waals surface area contributed by atoms with Gasteiger partial charge in [0, 0.05) is 0 Å². The third-order valence-corrected chi connectivity index (χ3v) is 7.28. The molecule has 0 spiro atoms. The Labute approximate surface area is 200 Å². The summed E-state index contributed by atoms with van der Waals surface area (Å²) in [6.45, 7) is 11.9. The Kier molecular flexibility index (Phi) is 10.5. The highest BCUT2D eigenvalue weighted by Crippen LogP contribution is 2.39. The zero-order chi connectivity index (χ0) is 24.6. The zero-order valence-corrected chi connectivity index (χ0v) is 21.6. The lowest BCUT2D eigenvalue weighted by Crippen LogP contribution is -2.09. The van der Waals surface area contributed by atoms with E-state index in [1.807, 2.05) is 27.7 Å². The SMILES string of the molecule is CC.CC.Cc1c(C(F)(F)F)ccc2c1CCC2.Cc1c(C2CCCC2)ccc2c1CCC2. The van der Waals surface area contributed by atoms with E-state index in [0.29, 0.717) is 5.56 Å². The van der Waals surface area contributed by atoms with Crippen LogP contribution < -0.4 is 0 Å². The molecule has 0 aromatic heterocycles. The van der Waals surface area contributed by atoms with Crippen LogP contribution in [-0.4, -0.2) is 0 Å². The maximum absolute atomic E-state index is 12.5. The topological polar surface area (TPSA) is 0 Å². The highest BCUT2D eigenvalue weighted by atomic mass is 19.4. The molecule has 1 fully saturated rings. The van der Waals surface area contributed by atoms with E-state index in [1.54, 1.807) is 35.2 Å². The number of rotatable bonds is 1. The standard InChI is InChI=1S/C15H20.C11H11F3.2C2H6/c1-11-14-8-4-7-13(14)9-10-15(11)12-5-2-3-6-12;1-7-9-4-2-3-8(9)5-6-10(7)11(12,13)14;2*1-2/h9-10,12H,2-8H2,1H3;5-6H,2-4H2,1H3;2*1-2H3. The first-order valence-corrected chi connectivity index (χ1v) is 13.2. The van der Waals surface area contributed by atoms with Crippen LogP contribution in [0.2, 0.25) is 0 Å². The largest absolute Gasteiger partial charge is 0.416 e. The Morgan fingerprint density at radius 3 is 1.64 bits per heavy atom. The molecule has 2 aromatic carbocycles. The van der Waals surface area contributed by atoms with E-state index < -0.39 is 11.7 Å². The summed E-state index contributed by atoms with van der Waals surface area (Å²) in [5.74, 6) is 0.885. The van der Waals surface area contributed by atoms with E-state index in [-0.39, 0.29) is 0 Å². The van der Waals surface area contributed by atoms with Crippen molar-refractivity contribution in [1.29, 1.82) is 0 Å². The second-order valence-electron chi connectivity index (χ2n) is 8.98. The van der Waals surface area contributed by atoms with E-state index in [4.69, 9.17) is 0 Å². The highest BCUT2D eigenvalue weighted by Gasteiger charge is 2.34. The summed E-state index contributed by atoms with van der Waals surface area (Å²) in [6, 6.07) is 7.66.